The zero-order chi connectivity index (χ0) is 39.1. The van der Waals surface area contributed by atoms with E-state index in [0.717, 1.165) is 64.2 Å². The van der Waals surface area contributed by atoms with E-state index in [1.165, 1.54) is 96.3 Å². The second-order valence-corrected chi connectivity index (χ2v) is 17.2. The number of ether oxygens (including phenoxy) is 2. The van der Waals surface area contributed by atoms with Gasteiger partial charge in [-0.05, 0) is 64.2 Å². The minimum atomic E-state index is -4.28. The Labute approximate surface area is 327 Å². The number of quaternary nitrogens is 1. The Morgan fingerprint density at radius 2 is 1.08 bits per heavy atom. The number of hydrogen-bond donors (Lipinski definition) is 1. The Morgan fingerprint density at radius 3 is 1.62 bits per heavy atom. The van der Waals surface area contributed by atoms with Crippen molar-refractivity contribution in [3.63, 3.8) is 0 Å². The summed E-state index contributed by atoms with van der Waals surface area (Å²) in [7, 11) is 1.65. The predicted octanol–water partition coefficient (Wildman–Crippen LogP) is 12.6. The van der Waals surface area contributed by atoms with Crippen molar-refractivity contribution in [2.45, 2.75) is 187 Å². The van der Waals surface area contributed by atoms with Gasteiger partial charge in [-0.2, -0.15) is 0 Å². The van der Waals surface area contributed by atoms with Gasteiger partial charge in [-0.15, -0.1) is 0 Å². The molecule has 2 unspecified atom stereocenters. The third kappa shape index (κ3) is 41.7. The number of likely N-dealkylation sites (N-methyl/N-ethyl adjacent to an activating group) is 1. The molecule has 8 nitrogen and oxygen atoms in total. The molecule has 0 saturated carbocycles. The number of esters is 1. The Balaban J connectivity index is 4.23. The van der Waals surface area contributed by atoms with Crippen LogP contribution >= 0.6 is 7.82 Å². The summed E-state index contributed by atoms with van der Waals surface area (Å²) in [6, 6.07) is 0. The molecule has 0 spiro atoms. The minimum Gasteiger partial charge on any atom is -0.457 e. The van der Waals surface area contributed by atoms with Crippen molar-refractivity contribution in [3.05, 3.63) is 36.5 Å². The minimum absolute atomic E-state index is 0.0849. The summed E-state index contributed by atoms with van der Waals surface area (Å²) >= 11 is 0. The molecule has 0 aliphatic carbocycles. The lowest BCUT2D eigenvalue weighted by Gasteiger charge is -2.24. The number of unbranched alkanes of at least 4 members (excludes halogenated alkanes) is 20. The molecule has 0 aromatic heterocycles. The molecule has 0 aromatic carbocycles. The summed E-state index contributed by atoms with van der Waals surface area (Å²) in [4.78, 5) is 22.8. The molecule has 0 saturated heterocycles. The average Bonchev–Trinajstić information content (AvgIpc) is 3.11. The van der Waals surface area contributed by atoms with Gasteiger partial charge in [0.1, 0.15) is 19.3 Å². The van der Waals surface area contributed by atoms with E-state index in [2.05, 4.69) is 50.3 Å². The molecule has 2 atom stereocenters. The maximum absolute atomic E-state index is 12.7. The van der Waals surface area contributed by atoms with E-state index in [0.29, 0.717) is 24.1 Å². The maximum atomic E-state index is 12.7. The van der Waals surface area contributed by atoms with Crippen molar-refractivity contribution < 1.29 is 37.3 Å². The standard InChI is InChI=1S/C44H84NO7P/c1-6-8-10-12-14-16-18-20-21-22-23-24-26-28-30-32-34-36-39-49-41-43(42-51-53(47,48)50-40-38-45(3,4)5)52-44(46)37-35-33-31-29-27-25-19-17-15-13-11-9-7-2/h11,13,17,19-21,43H,6-10,12,14-16,18,22-42H2,1-5H3/p+1/b13-11-,19-17-,21-20-. The highest BCUT2D eigenvalue weighted by Gasteiger charge is 2.26. The number of allylic oxidation sites excluding steroid dienone is 6. The topological polar surface area (TPSA) is 91.3 Å². The average molecular weight is 771 g/mol. The summed E-state index contributed by atoms with van der Waals surface area (Å²) in [6.07, 6.45) is 43.2. The molecular formula is C44H85NO7P+. The van der Waals surface area contributed by atoms with Gasteiger partial charge in [0.05, 0.1) is 34.4 Å². The first-order valence-electron chi connectivity index (χ1n) is 21.7. The van der Waals surface area contributed by atoms with Crippen LogP contribution in [0.25, 0.3) is 0 Å². The molecular weight excluding hydrogens is 685 g/mol. The van der Waals surface area contributed by atoms with Gasteiger partial charge < -0.3 is 18.9 Å². The van der Waals surface area contributed by atoms with Crippen LogP contribution in [0, 0.1) is 0 Å². The van der Waals surface area contributed by atoms with E-state index >= 15 is 0 Å². The van der Waals surface area contributed by atoms with Crippen LogP contribution < -0.4 is 0 Å². The molecule has 0 aromatic rings. The summed E-state index contributed by atoms with van der Waals surface area (Å²) < 4.78 is 34.9. The zero-order valence-corrected chi connectivity index (χ0v) is 36.1. The third-order valence-electron chi connectivity index (χ3n) is 9.15. The van der Waals surface area contributed by atoms with E-state index in [-0.39, 0.29) is 25.8 Å². The summed E-state index contributed by atoms with van der Waals surface area (Å²) in [5, 5.41) is 0. The number of phosphoric acid groups is 1. The molecule has 0 bridgehead atoms. The Hall–Kier alpha value is -1.28. The maximum Gasteiger partial charge on any atom is 0.472 e. The first-order chi connectivity index (χ1) is 25.6. The van der Waals surface area contributed by atoms with Gasteiger partial charge in [-0.25, -0.2) is 4.57 Å². The van der Waals surface area contributed by atoms with Gasteiger partial charge in [-0.1, -0.05) is 147 Å². The lowest BCUT2D eigenvalue weighted by molar-refractivity contribution is -0.870. The number of nitrogens with zero attached hydrogens (tertiary/aromatic N) is 1. The van der Waals surface area contributed by atoms with Gasteiger partial charge in [0.15, 0.2) is 0 Å². The molecule has 53 heavy (non-hydrogen) atoms. The summed E-state index contributed by atoms with van der Waals surface area (Å²) in [6.45, 7) is 5.53. The fraction of sp³-hybridized carbons (Fsp3) is 0.841. The van der Waals surface area contributed by atoms with Crippen LogP contribution in [0.4, 0.5) is 0 Å². The molecule has 312 valence electrons. The van der Waals surface area contributed by atoms with E-state index in [1.807, 2.05) is 21.1 Å². The fourth-order valence-corrected chi connectivity index (χ4v) is 6.50. The zero-order valence-electron chi connectivity index (χ0n) is 35.3. The van der Waals surface area contributed by atoms with Crippen molar-refractivity contribution in [3.8, 4) is 0 Å². The quantitative estimate of drug-likeness (QED) is 0.0218. The van der Waals surface area contributed by atoms with Gasteiger partial charge in [0.2, 0.25) is 0 Å². The van der Waals surface area contributed by atoms with Crippen LogP contribution in [0.1, 0.15) is 181 Å². The normalized spacial score (nSPS) is 14.2. The first-order valence-corrected chi connectivity index (χ1v) is 23.2. The third-order valence-corrected chi connectivity index (χ3v) is 10.1. The van der Waals surface area contributed by atoms with Crippen LogP contribution in [0.15, 0.2) is 36.5 Å². The van der Waals surface area contributed by atoms with Crippen LogP contribution in [-0.4, -0.2) is 75.6 Å². The Bertz CT molecular complexity index is 947. The molecule has 1 N–H and O–H groups in total. The van der Waals surface area contributed by atoms with Gasteiger partial charge >= 0.3 is 13.8 Å². The molecule has 0 rings (SSSR count). The second-order valence-electron chi connectivity index (χ2n) is 15.7. The van der Waals surface area contributed by atoms with Crippen LogP contribution in [0.3, 0.4) is 0 Å². The van der Waals surface area contributed by atoms with E-state index in [1.54, 1.807) is 0 Å². The smallest absolute Gasteiger partial charge is 0.457 e. The van der Waals surface area contributed by atoms with Crippen molar-refractivity contribution in [1.29, 1.82) is 0 Å². The van der Waals surface area contributed by atoms with Crippen molar-refractivity contribution in [1.82, 2.24) is 0 Å². The molecule has 0 aliphatic heterocycles. The number of carbonyl (C=O) groups excluding carboxylic acids is 1. The molecule has 0 heterocycles. The number of hydrogen-bond acceptors (Lipinski definition) is 6. The second kappa shape index (κ2) is 37.6. The lowest BCUT2D eigenvalue weighted by atomic mass is 10.1. The fourth-order valence-electron chi connectivity index (χ4n) is 5.76. The predicted molar refractivity (Wildman–Crippen MR) is 224 cm³/mol. The van der Waals surface area contributed by atoms with E-state index < -0.39 is 13.9 Å². The number of carbonyl (C=O) groups is 1. The van der Waals surface area contributed by atoms with Crippen LogP contribution in [0.2, 0.25) is 0 Å². The van der Waals surface area contributed by atoms with Crippen LogP contribution in [0.5, 0.6) is 0 Å². The summed E-state index contributed by atoms with van der Waals surface area (Å²) in [5.74, 6) is -0.329. The van der Waals surface area contributed by atoms with Crippen molar-refractivity contribution in [2.24, 2.45) is 0 Å². The first kappa shape index (κ1) is 51.7. The van der Waals surface area contributed by atoms with E-state index in [4.69, 9.17) is 18.5 Å². The van der Waals surface area contributed by atoms with Gasteiger partial charge in [-0.3, -0.25) is 13.8 Å². The van der Waals surface area contributed by atoms with Crippen molar-refractivity contribution in [2.75, 3.05) is 54.1 Å². The molecule has 0 radical (unpaired) electrons. The molecule has 0 fully saturated rings. The Kier molecular flexibility index (Phi) is 36.7. The Morgan fingerprint density at radius 1 is 0.585 bits per heavy atom. The van der Waals surface area contributed by atoms with Gasteiger partial charge in [0, 0.05) is 13.0 Å². The lowest BCUT2D eigenvalue weighted by Crippen LogP contribution is -2.37. The number of phosphoric ester groups is 1. The molecule has 9 heteroatoms. The van der Waals surface area contributed by atoms with E-state index in [9.17, 15) is 14.3 Å². The highest BCUT2D eigenvalue weighted by Crippen LogP contribution is 2.43. The largest absolute Gasteiger partial charge is 0.472 e. The SMILES string of the molecule is CCC/C=C\C/C=C\CCCCCCCC(=O)OC(COCCCCCCCCCC/C=C\CCCCCCCC)COP(=O)(O)OCC[N+](C)(C)C. The molecule has 0 amide bonds. The van der Waals surface area contributed by atoms with Crippen molar-refractivity contribution >= 4 is 13.8 Å². The van der Waals surface area contributed by atoms with Gasteiger partial charge in [0.25, 0.3) is 0 Å². The molecule has 0 aliphatic rings. The summed E-state index contributed by atoms with van der Waals surface area (Å²) in [5.41, 5.74) is 0. The monoisotopic (exact) mass is 771 g/mol. The highest BCUT2D eigenvalue weighted by molar-refractivity contribution is 7.47. The highest BCUT2D eigenvalue weighted by atomic mass is 31.2. The number of rotatable bonds is 40. The van der Waals surface area contributed by atoms with Crippen LogP contribution in [-0.2, 0) is 27.9 Å².